The number of benzene rings is 2. The molecule has 3 aliphatic rings. The lowest BCUT2D eigenvalue weighted by Gasteiger charge is -2.32. The Balaban J connectivity index is 0.000000205. The SMILES string of the molecule is C=C(C(=O)N(C)Cc1ccccc1)C(C)N1CCCCOC1.CCN1C(=O)[C@@H](NC(=O)c2ccn(C3CC3)n2)Cc2cnn(-c3ccccc3)c21.[HH]. The first-order valence-electron chi connectivity index (χ1n) is 17.8. The van der Waals surface area contributed by atoms with E-state index >= 15 is 0 Å². The fourth-order valence-electron chi connectivity index (χ4n) is 6.46. The number of amides is 3. The number of likely N-dealkylation sites (N-methyl/N-ethyl adjacent to an activating group) is 2. The molecule has 1 saturated heterocycles. The van der Waals surface area contributed by atoms with E-state index in [2.05, 4.69) is 27.0 Å². The van der Waals surface area contributed by atoms with Crippen molar-refractivity contribution in [3.8, 4) is 5.69 Å². The smallest absolute Gasteiger partial charge is 0.272 e. The van der Waals surface area contributed by atoms with Crippen LogP contribution in [0.15, 0.2) is 91.3 Å². The van der Waals surface area contributed by atoms with Gasteiger partial charge in [0.25, 0.3) is 17.7 Å². The second-order valence-electron chi connectivity index (χ2n) is 13.4. The Kier molecular flexibility index (Phi) is 11.4. The predicted molar refractivity (Wildman–Crippen MR) is 197 cm³/mol. The van der Waals surface area contributed by atoms with Crippen molar-refractivity contribution in [1.82, 2.24) is 34.7 Å². The molecule has 2 aromatic carbocycles. The topological polar surface area (TPSA) is 118 Å². The molecule has 7 rings (SSSR count). The lowest BCUT2D eigenvalue weighted by molar-refractivity contribution is -0.127. The molecule has 1 saturated carbocycles. The molecular formula is C39H50N8O4. The summed E-state index contributed by atoms with van der Waals surface area (Å²) in [6.07, 6.45) is 8.40. The zero-order valence-corrected chi connectivity index (χ0v) is 29.8. The Hall–Kier alpha value is -5.07. The number of para-hydroxylation sites is 1. The summed E-state index contributed by atoms with van der Waals surface area (Å²) in [4.78, 5) is 44.0. The van der Waals surface area contributed by atoms with Crippen LogP contribution in [-0.2, 0) is 27.3 Å². The molecular weight excluding hydrogens is 644 g/mol. The minimum absolute atomic E-state index is 0. The average Bonchev–Trinajstić information content (AvgIpc) is 3.83. The number of anilines is 1. The van der Waals surface area contributed by atoms with Crippen LogP contribution in [0.2, 0.25) is 0 Å². The molecule has 1 N–H and O–H groups in total. The van der Waals surface area contributed by atoms with E-state index in [0.717, 1.165) is 61.5 Å². The Morgan fingerprint density at radius 2 is 1.80 bits per heavy atom. The third-order valence-electron chi connectivity index (χ3n) is 9.62. The maximum absolute atomic E-state index is 13.1. The summed E-state index contributed by atoms with van der Waals surface area (Å²) < 4.78 is 9.19. The summed E-state index contributed by atoms with van der Waals surface area (Å²) in [5, 5.41) is 11.7. The first-order valence-corrected chi connectivity index (χ1v) is 17.8. The van der Waals surface area contributed by atoms with Gasteiger partial charge in [0.15, 0.2) is 0 Å². The van der Waals surface area contributed by atoms with Crippen LogP contribution in [0.1, 0.15) is 68.6 Å². The number of carbonyl (C=O) groups excluding carboxylic acids is 3. The van der Waals surface area contributed by atoms with Gasteiger partial charge in [0.1, 0.15) is 17.6 Å². The van der Waals surface area contributed by atoms with Crippen LogP contribution >= 0.6 is 0 Å². The highest BCUT2D eigenvalue weighted by molar-refractivity contribution is 6.03. The van der Waals surface area contributed by atoms with Gasteiger partial charge in [-0.25, -0.2) is 4.68 Å². The quantitative estimate of drug-likeness (QED) is 0.232. The second-order valence-corrected chi connectivity index (χ2v) is 13.4. The van der Waals surface area contributed by atoms with Gasteiger partial charge in [0.05, 0.1) is 24.7 Å². The van der Waals surface area contributed by atoms with Crippen molar-refractivity contribution in [3.05, 3.63) is 108 Å². The monoisotopic (exact) mass is 694 g/mol. The first kappa shape index (κ1) is 35.7. The molecule has 1 aliphatic carbocycles. The fraction of sp³-hybridized carbons (Fsp3) is 0.410. The average molecular weight is 695 g/mol. The van der Waals surface area contributed by atoms with Crippen molar-refractivity contribution in [1.29, 1.82) is 0 Å². The molecule has 3 amide bonds. The maximum atomic E-state index is 13.1. The minimum atomic E-state index is -0.630. The lowest BCUT2D eigenvalue weighted by Crippen LogP contribution is -2.53. The zero-order valence-electron chi connectivity index (χ0n) is 29.8. The van der Waals surface area contributed by atoms with Crippen molar-refractivity contribution in [3.63, 3.8) is 0 Å². The molecule has 4 aromatic rings. The minimum Gasteiger partial charge on any atom is -0.366 e. The van der Waals surface area contributed by atoms with Crippen molar-refractivity contribution in [2.75, 3.05) is 38.4 Å². The number of aromatic nitrogens is 4. The molecule has 0 radical (unpaired) electrons. The summed E-state index contributed by atoms with van der Waals surface area (Å²) in [5.41, 5.74) is 3.93. The summed E-state index contributed by atoms with van der Waals surface area (Å²) in [6, 6.07) is 21.2. The number of hydrogen-bond acceptors (Lipinski definition) is 7. The number of nitrogens with zero attached hydrogens (tertiary/aromatic N) is 7. The van der Waals surface area contributed by atoms with E-state index in [1.807, 2.05) is 92.4 Å². The van der Waals surface area contributed by atoms with Crippen LogP contribution in [-0.4, -0.2) is 92.6 Å². The summed E-state index contributed by atoms with van der Waals surface area (Å²) in [6.45, 7) is 11.4. The third kappa shape index (κ3) is 8.46. The molecule has 12 nitrogen and oxygen atoms in total. The summed E-state index contributed by atoms with van der Waals surface area (Å²) in [7, 11) is 1.83. The summed E-state index contributed by atoms with van der Waals surface area (Å²) >= 11 is 0. The van der Waals surface area contributed by atoms with Crippen LogP contribution in [0.5, 0.6) is 0 Å². The van der Waals surface area contributed by atoms with E-state index in [0.29, 0.717) is 43.6 Å². The number of ether oxygens (including phenoxy) is 1. The largest absolute Gasteiger partial charge is 0.366 e. The van der Waals surface area contributed by atoms with Gasteiger partial charge in [-0.15, -0.1) is 0 Å². The van der Waals surface area contributed by atoms with Crippen LogP contribution in [0, 0.1) is 0 Å². The highest BCUT2D eigenvalue weighted by Gasteiger charge is 2.37. The molecule has 1 unspecified atom stereocenters. The van der Waals surface area contributed by atoms with E-state index in [1.54, 1.807) is 26.7 Å². The number of hydrogen-bond donors (Lipinski definition) is 1. The van der Waals surface area contributed by atoms with E-state index in [4.69, 9.17) is 4.74 Å². The van der Waals surface area contributed by atoms with Crippen molar-refractivity contribution in [2.45, 2.75) is 70.6 Å². The van der Waals surface area contributed by atoms with E-state index in [-0.39, 0.29) is 25.2 Å². The fourth-order valence-corrected chi connectivity index (χ4v) is 6.46. The predicted octanol–water partition coefficient (Wildman–Crippen LogP) is 5.02. The Morgan fingerprint density at radius 1 is 1.08 bits per heavy atom. The Bertz CT molecular complexity index is 1820. The number of fused-ring (bicyclic) bond motifs is 1. The summed E-state index contributed by atoms with van der Waals surface area (Å²) in [5.74, 6) is 0.318. The molecule has 270 valence electrons. The highest BCUT2D eigenvalue weighted by Crippen LogP contribution is 2.34. The van der Waals surface area contributed by atoms with E-state index < -0.39 is 6.04 Å². The van der Waals surface area contributed by atoms with E-state index in [1.165, 1.54) is 0 Å². The molecule has 0 bridgehead atoms. The molecule has 2 fully saturated rings. The first-order chi connectivity index (χ1) is 24.7. The van der Waals surface area contributed by atoms with Gasteiger partial charge in [-0.3, -0.25) is 28.9 Å². The number of rotatable bonds is 10. The van der Waals surface area contributed by atoms with Gasteiger partial charge in [0, 0.05) is 64.5 Å². The molecule has 2 aliphatic heterocycles. The zero-order chi connectivity index (χ0) is 35.9. The van der Waals surface area contributed by atoms with Gasteiger partial charge < -0.3 is 15.0 Å². The molecule has 2 atom stereocenters. The maximum Gasteiger partial charge on any atom is 0.272 e. The number of carbonyl (C=O) groups is 3. The van der Waals surface area contributed by atoms with Gasteiger partial charge in [-0.1, -0.05) is 55.1 Å². The Morgan fingerprint density at radius 3 is 2.51 bits per heavy atom. The third-order valence-corrected chi connectivity index (χ3v) is 9.62. The normalized spacial score (nSPS) is 18.1. The Labute approximate surface area is 301 Å². The molecule has 2 aromatic heterocycles. The van der Waals surface area contributed by atoms with Crippen LogP contribution in [0.3, 0.4) is 0 Å². The lowest BCUT2D eigenvalue weighted by atomic mass is 10.0. The number of nitrogens with one attached hydrogen (secondary N) is 1. The van der Waals surface area contributed by atoms with Gasteiger partial charge >= 0.3 is 0 Å². The van der Waals surface area contributed by atoms with Crippen LogP contribution in [0.4, 0.5) is 5.82 Å². The standard InChI is InChI=1S/C21H22N6O2.C18H26N2O2.H2/c1-2-25-20-14(13-22-27(20)16-6-4-3-5-7-16)12-18(21(25)29)23-19(28)17-10-11-26(24-17)15-8-9-15;1-15(16(2)20-11-7-8-12-22-14-20)18(21)19(3)13-17-9-5-4-6-10-17;/h3-7,10-11,13,15,18H,2,8-9,12H2,1H3,(H,23,28);4-6,9-10,16H,1,7-8,11-14H2,2-3H3;1H/t18-;;/m0../s1. The second kappa shape index (κ2) is 16.3. The van der Waals surface area contributed by atoms with E-state index in [9.17, 15) is 14.4 Å². The highest BCUT2D eigenvalue weighted by atomic mass is 16.5. The molecule has 12 heteroatoms. The van der Waals surface area contributed by atoms with Gasteiger partial charge in [0.2, 0.25) is 0 Å². The molecule has 51 heavy (non-hydrogen) atoms. The van der Waals surface area contributed by atoms with Crippen molar-refractivity contribution >= 4 is 23.5 Å². The van der Waals surface area contributed by atoms with Crippen LogP contribution in [0.25, 0.3) is 5.69 Å². The van der Waals surface area contributed by atoms with Gasteiger partial charge in [-0.2, -0.15) is 10.2 Å². The molecule has 4 heterocycles. The molecule has 0 spiro atoms. The van der Waals surface area contributed by atoms with Crippen LogP contribution < -0.4 is 10.2 Å². The van der Waals surface area contributed by atoms with Crippen molar-refractivity contribution in [2.24, 2.45) is 0 Å². The van der Waals surface area contributed by atoms with Crippen molar-refractivity contribution < 1.29 is 20.5 Å². The van der Waals surface area contributed by atoms with Gasteiger partial charge in [-0.05, 0) is 63.3 Å².